The summed E-state index contributed by atoms with van der Waals surface area (Å²) in [7, 11) is -5.64. The van der Waals surface area contributed by atoms with Crippen LogP contribution in [0.5, 0.6) is 11.5 Å². The minimum absolute atomic E-state index is 0.238. The number of hydrogen-bond donors (Lipinski definition) is 0. The third-order valence-corrected chi connectivity index (χ3v) is 3.70. The topological polar surface area (TPSA) is 61.8 Å². The van der Waals surface area contributed by atoms with Crippen LogP contribution in [0, 0.1) is 0 Å². The van der Waals surface area contributed by atoms with Gasteiger partial charge in [0.25, 0.3) is 0 Å². The second kappa shape index (κ2) is 5.13. The van der Waals surface area contributed by atoms with Gasteiger partial charge in [-0.15, -0.1) is 0 Å². The van der Waals surface area contributed by atoms with Crippen LogP contribution in [-0.4, -0.2) is 27.1 Å². The summed E-state index contributed by atoms with van der Waals surface area (Å²) < 4.78 is 73.2. The summed E-state index contributed by atoms with van der Waals surface area (Å²) in [5.41, 5.74) is -5.21. The molecule has 0 N–H and O–H groups in total. The molecule has 0 bridgehead atoms. The zero-order valence-corrected chi connectivity index (χ0v) is 11.1. The summed E-state index contributed by atoms with van der Waals surface area (Å²) in [6, 6.07) is 4.30. The molecular weight excluding hydrogens is 301 g/mol. The minimum Gasteiger partial charge on any atom is -0.486 e. The smallest absolute Gasteiger partial charge is 0.486 e. The van der Waals surface area contributed by atoms with E-state index in [9.17, 15) is 21.6 Å². The largest absolute Gasteiger partial charge is 0.523 e. The van der Waals surface area contributed by atoms with Crippen LogP contribution in [0.4, 0.5) is 13.2 Å². The van der Waals surface area contributed by atoms with E-state index in [1.54, 1.807) is 0 Å². The molecule has 1 heterocycles. The second-order valence-corrected chi connectivity index (χ2v) is 5.61. The average molecular weight is 312 g/mol. The molecule has 1 aromatic carbocycles. The summed E-state index contributed by atoms with van der Waals surface area (Å²) in [6.07, 6.45) is -1.29. The molecule has 0 saturated heterocycles. The van der Waals surface area contributed by atoms with Crippen LogP contribution in [-0.2, 0) is 14.3 Å². The van der Waals surface area contributed by atoms with Crippen LogP contribution in [0.15, 0.2) is 18.2 Å². The predicted molar refractivity (Wildman–Crippen MR) is 61.9 cm³/mol. The van der Waals surface area contributed by atoms with E-state index in [1.165, 1.54) is 25.1 Å². The standard InChI is InChI=1S/C11H11F3O5S/c1-7(19-20(15,16)11(12,13)14)8-2-3-9-10(6-8)18-5-4-17-9/h2-3,6-7H,4-5H2,1H3. The molecule has 1 unspecified atom stereocenters. The van der Waals surface area contributed by atoms with Gasteiger partial charge in [-0.25, -0.2) is 0 Å². The van der Waals surface area contributed by atoms with Crippen molar-refractivity contribution in [2.75, 3.05) is 13.2 Å². The molecule has 5 nitrogen and oxygen atoms in total. The Balaban J connectivity index is 2.20. The van der Waals surface area contributed by atoms with Crippen molar-refractivity contribution < 1.29 is 35.2 Å². The van der Waals surface area contributed by atoms with Gasteiger partial charge in [-0.1, -0.05) is 6.07 Å². The van der Waals surface area contributed by atoms with Gasteiger partial charge in [-0.05, 0) is 24.6 Å². The molecule has 1 aromatic rings. The molecule has 9 heteroatoms. The molecule has 112 valence electrons. The number of alkyl halides is 3. The van der Waals surface area contributed by atoms with E-state index in [4.69, 9.17) is 9.47 Å². The maximum Gasteiger partial charge on any atom is 0.523 e. The van der Waals surface area contributed by atoms with Gasteiger partial charge in [0.1, 0.15) is 13.2 Å². The zero-order valence-electron chi connectivity index (χ0n) is 10.3. The molecular formula is C11H11F3O5S. The Labute approximate surface area is 113 Å². The molecule has 20 heavy (non-hydrogen) atoms. The van der Waals surface area contributed by atoms with Crippen molar-refractivity contribution >= 4 is 10.1 Å². The minimum atomic E-state index is -5.64. The van der Waals surface area contributed by atoms with Crippen molar-refractivity contribution in [1.82, 2.24) is 0 Å². The predicted octanol–water partition coefficient (Wildman–Crippen LogP) is 2.39. The summed E-state index contributed by atoms with van der Waals surface area (Å²) in [6.45, 7) is 1.89. The monoisotopic (exact) mass is 312 g/mol. The molecule has 0 aliphatic carbocycles. The van der Waals surface area contributed by atoms with E-state index in [2.05, 4.69) is 4.18 Å². The van der Waals surface area contributed by atoms with Crippen molar-refractivity contribution in [3.05, 3.63) is 23.8 Å². The average Bonchev–Trinajstić information content (AvgIpc) is 2.36. The highest BCUT2D eigenvalue weighted by molar-refractivity contribution is 7.87. The SMILES string of the molecule is CC(OS(=O)(=O)C(F)(F)F)c1ccc2c(c1)OCCO2. The van der Waals surface area contributed by atoms with Crippen LogP contribution < -0.4 is 9.47 Å². The fraction of sp³-hybridized carbons (Fsp3) is 0.455. The number of fused-ring (bicyclic) bond motifs is 1. The van der Waals surface area contributed by atoms with Crippen LogP contribution in [0.3, 0.4) is 0 Å². The fourth-order valence-corrected chi connectivity index (χ4v) is 2.21. The van der Waals surface area contributed by atoms with E-state index in [-0.39, 0.29) is 5.56 Å². The zero-order chi connectivity index (χ0) is 15.0. The van der Waals surface area contributed by atoms with Gasteiger partial charge < -0.3 is 9.47 Å². The first-order chi connectivity index (χ1) is 9.21. The number of hydrogen-bond acceptors (Lipinski definition) is 5. The summed E-state index contributed by atoms with van der Waals surface area (Å²) in [5.74, 6) is 0.791. The van der Waals surface area contributed by atoms with Crippen molar-refractivity contribution in [3.8, 4) is 11.5 Å². The highest BCUT2D eigenvalue weighted by atomic mass is 32.2. The van der Waals surface area contributed by atoms with Crippen LogP contribution in [0.25, 0.3) is 0 Å². The highest BCUT2D eigenvalue weighted by Crippen LogP contribution is 2.35. The number of halogens is 3. The second-order valence-electron chi connectivity index (χ2n) is 4.04. The van der Waals surface area contributed by atoms with Crippen molar-refractivity contribution in [2.45, 2.75) is 18.5 Å². The number of rotatable bonds is 3. The van der Waals surface area contributed by atoms with E-state index in [1.807, 2.05) is 0 Å². The van der Waals surface area contributed by atoms with Crippen LogP contribution in [0.2, 0.25) is 0 Å². The Morgan fingerprint density at radius 1 is 1.20 bits per heavy atom. The molecule has 2 rings (SSSR count). The lowest BCUT2D eigenvalue weighted by molar-refractivity contribution is -0.0569. The fourth-order valence-electron chi connectivity index (χ4n) is 1.61. The van der Waals surface area contributed by atoms with Crippen molar-refractivity contribution in [3.63, 3.8) is 0 Å². The normalized spacial score (nSPS) is 16.8. The van der Waals surface area contributed by atoms with E-state index >= 15 is 0 Å². The quantitative estimate of drug-likeness (QED) is 0.633. The molecule has 0 amide bonds. The molecule has 0 saturated carbocycles. The molecule has 0 spiro atoms. The van der Waals surface area contributed by atoms with E-state index < -0.39 is 21.7 Å². The lowest BCUT2D eigenvalue weighted by Gasteiger charge is -2.20. The molecule has 1 aliphatic rings. The Morgan fingerprint density at radius 3 is 2.40 bits per heavy atom. The summed E-state index contributed by atoms with van der Waals surface area (Å²) in [5, 5.41) is 0. The number of ether oxygens (including phenoxy) is 2. The third kappa shape index (κ3) is 2.98. The molecule has 0 aromatic heterocycles. The highest BCUT2D eigenvalue weighted by Gasteiger charge is 2.48. The van der Waals surface area contributed by atoms with Gasteiger partial charge in [-0.2, -0.15) is 21.6 Å². The first-order valence-corrected chi connectivity index (χ1v) is 7.00. The molecule has 0 fully saturated rings. The lowest BCUT2D eigenvalue weighted by Crippen LogP contribution is -2.26. The maximum atomic E-state index is 12.2. The number of benzene rings is 1. The lowest BCUT2D eigenvalue weighted by atomic mass is 10.1. The summed E-state index contributed by atoms with van der Waals surface area (Å²) in [4.78, 5) is 0. The van der Waals surface area contributed by atoms with Crippen molar-refractivity contribution in [1.29, 1.82) is 0 Å². The van der Waals surface area contributed by atoms with Gasteiger partial charge in [-0.3, -0.25) is 4.18 Å². The van der Waals surface area contributed by atoms with E-state index in [0.29, 0.717) is 24.7 Å². The van der Waals surface area contributed by atoms with Crippen molar-refractivity contribution in [2.24, 2.45) is 0 Å². The molecule has 1 atom stereocenters. The Bertz CT molecular complexity index is 597. The third-order valence-electron chi connectivity index (χ3n) is 2.59. The van der Waals surface area contributed by atoms with Gasteiger partial charge in [0, 0.05) is 0 Å². The molecule has 1 aliphatic heterocycles. The van der Waals surface area contributed by atoms with Crippen LogP contribution in [0.1, 0.15) is 18.6 Å². The van der Waals surface area contributed by atoms with Gasteiger partial charge in [0.05, 0.1) is 6.10 Å². The summed E-state index contributed by atoms with van der Waals surface area (Å²) >= 11 is 0. The van der Waals surface area contributed by atoms with Crippen LogP contribution >= 0.6 is 0 Å². The maximum absolute atomic E-state index is 12.2. The van der Waals surface area contributed by atoms with E-state index in [0.717, 1.165) is 0 Å². The van der Waals surface area contributed by atoms with Gasteiger partial charge >= 0.3 is 15.6 Å². The first kappa shape index (κ1) is 14.9. The van der Waals surface area contributed by atoms with Gasteiger partial charge in [0.2, 0.25) is 0 Å². The van der Waals surface area contributed by atoms with Gasteiger partial charge in [0.15, 0.2) is 11.5 Å². The Morgan fingerprint density at radius 2 is 1.80 bits per heavy atom. The molecule has 0 radical (unpaired) electrons. The first-order valence-electron chi connectivity index (χ1n) is 5.60. The Hall–Kier alpha value is -1.48. The Kier molecular flexibility index (Phi) is 3.83.